The summed E-state index contributed by atoms with van der Waals surface area (Å²) in [5, 5.41) is 4.09. The number of ether oxygens (including phenoxy) is 2. The van der Waals surface area contributed by atoms with Gasteiger partial charge in [-0.25, -0.2) is 32.5 Å². The topological polar surface area (TPSA) is 101 Å². The zero-order valence-corrected chi connectivity index (χ0v) is 34.2. The Morgan fingerprint density at radius 3 is 1.67 bits per heavy atom. The molecule has 0 radical (unpaired) electrons. The van der Waals surface area contributed by atoms with Crippen LogP contribution in [0.2, 0.25) is 5.02 Å². The van der Waals surface area contributed by atoms with Gasteiger partial charge in [-0.1, -0.05) is 23.7 Å². The van der Waals surface area contributed by atoms with E-state index in [-0.39, 0.29) is 26.8 Å². The maximum atomic E-state index is 15.4. The Bertz CT molecular complexity index is 2710. The van der Waals surface area contributed by atoms with Crippen molar-refractivity contribution in [2.24, 2.45) is 0 Å². The van der Waals surface area contributed by atoms with Gasteiger partial charge in [-0.15, -0.1) is 0 Å². The SMILES string of the molecule is Cc1ccc(-c2nc3cc(F)cc(F)c3c(Cl)c2C)nc1.Cc1ccc(-c2nc3cc(F)cc(F)c3c(Nc3cc(N4CCOCC4)cnc3N3CCOCC3)c2C)nc1. The van der Waals surface area contributed by atoms with Crippen molar-refractivity contribution in [3.05, 3.63) is 124 Å². The van der Waals surface area contributed by atoms with Crippen LogP contribution in [0.1, 0.15) is 22.3 Å². The van der Waals surface area contributed by atoms with Crippen molar-refractivity contribution in [2.45, 2.75) is 27.7 Å². The van der Waals surface area contributed by atoms with Crippen LogP contribution in [0, 0.1) is 51.0 Å². The smallest absolute Gasteiger partial charge is 0.152 e. The molecule has 2 aliphatic rings. The van der Waals surface area contributed by atoms with Gasteiger partial charge in [0.1, 0.15) is 23.3 Å². The molecule has 0 saturated carbocycles. The van der Waals surface area contributed by atoms with E-state index in [0.717, 1.165) is 53.5 Å². The van der Waals surface area contributed by atoms with Crippen molar-refractivity contribution in [1.82, 2.24) is 24.9 Å². The molecule has 0 unspecified atom stereocenters. The van der Waals surface area contributed by atoms with E-state index in [0.29, 0.717) is 79.1 Å². The highest BCUT2D eigenvalue weighted by Crippen LogP contribution is 2.40. The number of fused-ring (bicyclic) bond motifs is 2. The minimum Gasteiger partial charge on any atom is -0.378 e. The van der Waals surface area contributed by atoms with Crippen LogP contribution in [0.5, 0.6) is 0 Å². The Labute approximate surface area is 349 Å². The van der Waals surface area contributed by atoms with E-state index in [1.54, 1.807) is 19.3 Å². The highest BCUT2D eigenvalue weighted by Gasteiger charge is 2.24. The first-order valence-corrected chi connectivity index (χ1v) is 19.9. The molecule has 9 rings (SSSR count). The third-order valence-electron chi connectivity index (χ3n) is 10.5. The number of nitrogens with zero attached hydrogens (tertiary/aromatic N) is 7. The van der Waals surface area contributed by atoms with Crippen LogP contribution < -0.4 is 15.1 Å². The number of anilines is 4. The van der Waals surface area contributed by atoms with Crippen molar-refractivity contribution in [3.63, 3.8) is 0 Å². The van der Waals surface area contributed by atoms with Crippen molar-refractivity contribution >= 4 is 56.3 Å². The summed E-state index contributed by atoms with van der Waals surface area (Å²) in [5.41, 5.74) is 8.23. The lowest BCUT2D eigenvalue weighted by Gasteiger charge is -2.32. The third-order valence-corrected chi connectivity index (χ3v) is 11.0. The maximum Gasteiger partial charge on any atom is 0.152 e. The fourth-order valence-corrected chi connectivity index (χ4v) is 7.61. The summed E-state index contributed by atoms with van der Waals surface area (Å²) in [6, 6.07) is 13.7. The molecule has 7 heterocycles. The monoisotopic (exact) mass is 836 g/mol. The number of pyridine rings is 5. The molecule has 0 aliphatic carbocycles. The summed E-state index contributed by atoms with van der Waals surface area (Å²) < 4.78 is 68.1. The fourth-order valence-electron chi connectivity index (χ4n) is 7.33. The molecule has 0 atom stereocenters. The molecule has 308 valence electrons. The lowest BCUT2D eigenvalue weighted by Crippen LogP contribution is -2.38. The fraction of sp³-hybridized carbons (Fsp3) is 0.267. The molecule has 0 amide bonds. The Balaban J connectivity index is 0.000000200. The lowest BCUT2D eigenvalue weighted by atomic mass is 10.0. The molecule has 10 nitrogen and oxygen atoms in total. The highest BCUT2D eigenvalue weighted by atomic mass is 35.5. The second kappa shape index (κ2) is 17.3. The molecule has 5 aromatic heterocycles. The number of aryl methyl sites for hydroxylation is 2. The summed E-state index contributed by atoms with van der Waals surface area (Å²) in [6.45, 7) is 12.9. The zero-order chi connectivity index (χ0) is 42.1. The normalized spacial score (nSPS) is 14.3. The van der Waals surface area contributed by atoms with Crippen LogP contribution in [-0.2, 0) is 9.47 Å². The molecule has 2 saturated heterocycles. The molecule has 1 N–H and O–H groups in total. The first-order valence-electron chi connectivity index (χ1n) is 19.5. The van der Waals surface area contributed by atoms with Gasteiger partial charge in [0, 0.05) is 68.4 Å². The summed E-state index contributed by atoms with van der Waals surface area (Å²) >= 11 is 6.24. The van der Waals surface area contributed by atoms with E-state index in [9.17, 15) is 13.2 Å². The van der Waals surface area contributed by atoms with E-state index in [1.807, 2.05) is 57.3 Å². The van der Waals surface area contributed by atoms with E-state index >= 15 is 4.39 Å². The molecule has 2 aliphatic heterocycles. The van der Waals surface area contributed by atoms with Gasteiger partial charge in [0.2, 0.25) is 0 Å². The predicted molar refractivity (Wildman–Crippen MR) is 227 cm³/mol. The van der Waals surface area contributed by atoms with E-state index in [2.05, 4.69) is 35.1 Å². The second-order valence-electron chi connectivity index (χ2n) is 14.8. The Hall–Kier alpha value is -5.96. The van der Waals surface area contributed by atoms with Crippen LogP contribution in [0.25, 0.3) is 44.6 Å². The van der Waals surface area contributed by atoms with Gasteiger partial charge in [0.15, 0.2) is 5.82 Å². The largest absolute Gasteiger partial charge is 0.378 e. The van der Waals surface area contributed by atoms with Crippen LogP contribution in [0.15, 0.2) is 73.2 Å². The zero-order valence-electron chi connectivity index (χ0n) is 33.4. The van der Waals surface area contributed by atoms with Crippen LogP contribution in [0.3, 0.4) is 0 Å². The van der Waals surface area contributed by atoms with Crippen molar-refractivity contribution < 1.29 is 27.0 Å². The number of hydrogen-bond acceptors (Lipinski definition) is 10. The number of nitrogens with one attached hydrogen (secondary N) is 1. The second-order valence-corrected chi connectivity index (χ2v) is 15.1. The first kappa shape index (κ1) is 40.8. The van der Waals surface area contributed by atoms with Crippen molar-refractivity contribution in [1.29, 1.82) is 0 Å². The third kappa shape index (κ3) is 8.40. The molecular weight excluding hydrogens is 796 g/mol. The van der Waals surface area contributed by atoms with Crippen molar-refractivity contribution in [3.8, 4) is 22.8 Å². The highest BCUT2D eigenvalue weighted by molar-refractivity contribution is 6.36. The minimum absolute atomic E-state index is 0.131. The van der Waals surface area contributed by atoms with Crippen molar-refractivity contribution in [2.75, 3.05) is 67.7 Å². The number of hydrogen-bond donors (Lipinski definition) is 1. The number of aromatic nitrogens is 5. The standard InChI is InChI=1S/C29H30F2N6O2.C16H11ClF2N2/c1-18-3-4-23(32-16-18)27-19(2)28(26-22(31)13-20(30)14-24(26)34-27)35-25-15-21(36-5-9-38-10-6-36)17-33-29(25)37-7-11-39-12-8-37;1-8-3-4-12(20-7-8)16-9(2)15(17)14-11(19)5-10(18)6-13(14)21-16/h3-4,13-17H,5-12H2,1-2H3,(H,34,35);3-7H,1-2H3. The molecule has 0 bridgehead atoms. The quantitative estimate of drug-likeness (QED) is 0.163. The van der Waals surface area contributed by atoms with Crippen LogP contribution in [-0.4, -0.2) is 77.5 Å². The van der Waals surface area contributed by atoms with Gasteiger partial charge in [0.05, 0.1) is 99.3 Å². The van der Waals surface area contributed by atoms with E-state index in [1.165, 1.54) is 12.1 Å². The molecule has 7 aromatic rings. The Morgan fingerprint density at radius 2 is 1.12 bits per heavy atom. The average Bonchev–Trinajstić information content (AvgIpc) is 3.24. The maximum absolute atomic E-state index is 15.4. The van der Waals surface area contributed by atoms with E-state index in [4.69, 9.17) is 26.1 Å². The number of morpholine rings is 2. The van der Waals surface area contributed by atoms with Crippen LogP contribution >= 0.6 is 11.6 Å². The number of halogens is 5. The van der Waals surface area contributed by atoms with Crippen LogP contribution in [0.4, 0.5) is 40.4 Å². The number of rotatable bonds is 6. The summed E-state index contributed by atoms with van der Waals surface area (Å²) in [5.74, 6) is -2.02. The minimum atomic E-state index is -0.714. The molecule has 2 fully saturated rings. The Morgan fingerprint density at radius 1 is 0.600 bits per heavy atom. The molecule has 15 heteroatoms. The van der Waals surface area contributed by atoms with Gasteiger partial charge >= 0.3 is 0 Å². The van der Waals surface area contributed by atoms with Gasteiger partial charge in [-0.05, 0) is 62.6 Å². The summed E-state index contributed by atoms with van der Waals surface area (Å²) in [4.78, 5) is 27.1. The lowest BCUT2D eigenvalue weighted by molar-refractivity contribution is 0.122. The molecule has 2 aromatic carbocycles. The number of benzene rings is 2. The molecule has 60 heavy (non-hydrogen) atoms. The van der Waals surface area contributed by atoms with E-state index < -0.39 is 23.3 Å². The summed E-state index contributed by atoms with van der Waals surface area (Å²) in [6.07, 6.45) is 5.34. The Kier molecular flexibility index (Phi) is 11.8. The van der Waals surface area contributed by atoms with Gasteiger partial charge in [-0.2, -0.15) is 0 Å². The van der Waals surface area contributed by atoms with Gasteiger partial charge in [0.25, 0.3) is 0 Å². The summed E-state index contributed by atoms with van der Waals surface area (Å²) in [7, 11) is 0. The molecule has 0 spiro atoms. The van der Waals surface area contributed by atoms with Gasteiger partial charge in [-0.3, -0.25) is 9.97 Å². The predicted octanol–water partition coefficient (Wildman–Crippen LogP) is 9.85. The molecular formula is C45H41ClF4N8O2. The first-order chi connectivity index (χ1) is 28.9. The average molecular weight is 837 g/mol. The van der Waals surface area contributed by atoms with Gasteiger partial charge < -0.3 is 24.6 Å².